The average Bonchev–Trinajstić information content (AvgIpc) is 3.24. The zero-order chi connectivity index (χ0) is 20.7. The Morgan fingerprint density at radius 2 is 1.83 bits per heavy atom. The van der Waals surface area contributed by atoms with E-state index in [9.17, 15) is 4.79 Å². The van der Waals surface area contributed by atoms with Crippen LogP contribution in [0.1, 0.15) is 51.0 Å². The van der Waals surface area contributed by atoms with E-state index in [0.29, 0.717) is 31.5 Å². The van der Waals surface area contributed by atoms with Gasteiger partial charge in [0.1, 0.15) is 5.75 Å². The van der Waals surface area contributed by atoms with E-state index in [1.165, 1.54) is 12.8 Å². The maximum Gasteiger partial charge on any atom is 0.221 e. The van der Waals surface area contributed by atoms with Gasteiger partial charge in [0.25, 0.3) is 0 Å². The van der Waals surface area contributed by atoms with E-state index in [4.69, 9.17) is 9.47 Å². The van der Waals surface area contributed by atoms with Gasteiger partial charge in [-0.2, -0.15) is 0 Å². The molecule has 7 nitrogen and oxygen atoms in total. The summed E-state index contributed by atoms with van der Waals surface area (Å²) >= 11 is 0. The summed E-state index contributed by atoms with van der Waals surface area (Å²) in [6, 6.07) is 8.23. The number of benzene rings is 1. The molecule has 0 saturated heterocycles. The lowest BCUT2D eigenvalue weighted by molar-refractivity contribution is -0.121. The molecule has 0 bridgehead atoms. The fraction of sp³-hybridized carbons (Fsp3) is 0.636. The van der Waals surface area contributed by atoms with E-state index in [-0.39, 0.29) is 29.9 Å². The summed E-state index contributed by atoms with van der Waals surface area (Å²) in [5.41, 5.74) is 1.10. The Bertz CT molecular complexity index is 619. The van der Waals surface area contributed by atoms with Crippen molar-refractivity contribution in [3.05, 3.63) is 29.8 Å². The number of methoxy groups -OCH3 is 1. The molecule has 1 saturated carbocycles. The van der Waals surface area contributed by atoms with Crippen LogP contribution in [0, 0.1) is 0 Å². The zero-order valence-corrected chi connectivity index (χ0v) is 20.6. The molecule has 0 atom stereocenters. The maximum atomic E-state index is 12.1. The van der Waals surface area contributed by atoms with Crippen LogP contribution < -0.4 is 20.7 Å². The molecule has 1 fully saturated rings. The van der Waals surface area contributed by atoms with E-state index in [1.807, 2.05) is 31.2 Å². The van der Waals surface area contributed by atoms with Gasteiger partial charge < -0.3 is 25.4 Å². The van der Waals surface area contributed by atoms with Crippen LogP contribution in [-0.4, -0.2) is 51.3 Å². The first-order chi connectivity index (χ1) is 14.2. The molecule has 8 heteroatoms. The number of guanidine groups is 1. The minimum Gasteiger partial charge on any atom is -0.497 e. The molecule has 170 valence electrons. The number of carbonyl (C=O) groups is 1. The van der Waals surface area contributed by atoms with Crippen molar-refractivity contribution in [2.24, 2.45) is 4.99 Å². The minimum atomic E-state index is 0. The maximum absolute atomic E-state index is 12.1. The van der Waals surface area contributed by atoms with Crippen molar-refractivity contribution in [1.82, 2.24) is 16.0 Å². The Kier molecular flexibility index (Phi) is 14.3. The molecule has 1 aliphatic carbocycles. The summed E-state index contributed by atoms with van der Waals surface area (Å²) in [6.07, 6.45) is 6.00. The Balaban J connectivity index is 0.00000450. The van der Waals surface area contributed by atoms with Crippen molar-refractivity contribution in [1.29, 1.82) is 0 Å². The van der Waals surface area contributed by atoms with E-state index >= 15 is 0 Å². The van der Waals surface area contributed by atoms with Crippen molar-refractivity contribution in [3.63, 3.8) is 0 Å². The zero-order valence-electron chi connectivity index (χ0n) is 18.2. The summed E-state index contributed by atoms with van der Waals surface area (Å²) in [5, 5.41) is 9.71. The fourth-order valence-electron chi connectivity index (χ4n) is 3.27. The minimum absolute atomic E-state index is 0. The smallest absolute Gasteiger partial charge is 0.221 e. The molecule has 1 aliphatic rings. The third-order valence-corrected chi connectivity index (χ3v) is 4.91. The Hall–Kier alpha value is -1.55. The predicted octanol–water partition coefficient (Wildman–Crippen LogP) is 3.22. The summed E-state index contributed by atoms with van der Waals surface area (Å²) in [6.45, 7) is 5.32. The van der Waals surface area contributed by atoms with Crippen LogP contribution in [0.25, 0.3) is 0 Å². The molecular formula is C22H37IN4O3. The standard InChI is InChI=1S/C22H36N4O3.HI/c1-3-29-16-6-14-23-22(25-17-18-9-11-20(28-2)12-10-18)24-15-13-21(27)26-19-7-4-5-8-19;/h9-12,19H,3-8,13-17H2,1-2H3,(H,26,27)(H2,23,24,25);1H. The van der Waals surface area contributed by atoms with Crippen LogP contribution in [0.15, 0.2) is 29.3 Å². The second-order valence-corrected chi connectivity index (χ2v) is 7.22. The number of hydrogen-bond donors (Lipinski definition) is 3. The van der Waals surface area contributed by atoms with Crippen molar-refractivity contribution >= 4 is 35.8 Å². The molecule has 0 aromatic heterocycles. The number of aliphatic imine (C=N–C) groups is 1. The van der Waals surface area contributed by atoms with Crippen LogP contribution in [0.5, 0.6) is 5.75 Å². The lowest BCUT2D eigenvalue weighted by Crippen LogP contribution is -2.41. The van der Waals surface area contributed by atoms with Crippen LogP contribution in [0.3, 0.4) is 0 Å². The number of amides is 1. The molecule has 1 aromatic carbocycles. The molecular weight excluding hydrogens is 495 g/mol. The van der Waals surface area contributed by atoms with Gasteiger partial charge in [0.15, 0.2) is 5.96 Å². The van der Waals surface area contributed by atoms with E-state index in [2.05, 4.69) is 20.9 Å². The van der Waals surface area contributed by atoms with Gasteiger partial charge in [-0.15, -0.1) is 24.0 Å². The van der Waals surface area contributed by atoms with Crippen LogP contribution in [-0.2, 0) is 16.1 Å². The monoisotopic (exact) mass is 532 g/mol. The molecule has 1 amide bonds. The van der Waals surface area contributed by atoms with Crippen LogP contribution in [0.2, 0.25) is 0 Å². The van der Waals surface area contributed by atoms with Gasteiger partial charge in [-0.25, -0.2) is 4.99 Å². The van der Waals surface area contributed by atoms with Gasteiger partial charge in [0.05, 0.1) is 13.7 Å². The summed E-state index contributed by atoms with van der Waals surface area (Å²) in [4.78, 5) is 16.8. The van der Waals surface area contributed by atoms with Gasteiger partial charge in [-0.3, -0.25) is 4.79 Å². The third kappa shape index (κ3) is 11.0. The van der Waals surface area contributed by atoms with Crippen molar-refractivity contribution < 1.29 is 14.3 Å². The summed E-state index contributed by atoms with van der Waals surface area (Å²) < 4.78 is 10.6. The number of ether oxygens (including phenoxy) is 2. The first-order valence-corrected chi connectivity index (χ1v) is 10.7. The first kappa shape index (κ1) is 26.5. The molecule has 0 unspecified atom stereocenters. The van der Waals surface area contributed by atoms with Gasteiger partial charge in [0, 0.05) is 38.8 Å². The highest BCUT2D eigenvalue weighted by Gasteiger charge is 2.16. The van der Waals surface area contributed by atoms with Gasteiger partial charge in [-0.05, 0) is 43.9 Å². The van der Waals surface area contributed by atoms with Crippen molar-refractivity contribution in [2.75, 3.05) is 33.4 Å². The highest BCUT2D eigenvalue weighted by Crippen LogP contribution is 2.17. The van der Waals surface area contributed by atoms with Gasteiger partial charge in [-0.1, -0.05) is 25.0 Å². The van der Waals surface area contributed by atoms with E-state index < -0.39 is 0 Å². The highest BCUT2D eigenvalue weighted by molar-refractivity contribution is 14.0. The fourth-order valence-corrected chi connectivity index (χ4v) is 3.27. The largest absolute Gasteiger partial charge is 0.497 e. The number of nitrogens with one attached hydrogen (secondary N) is 3. The third-order valence-electron chi connectivity index (χ3n) is 4.91. The molecule has 2 rings (SSSR count). The van der Waals surface area contributed by atoms with Crippen LogP contribution in [0.4, 0.5) is 0 Å². The number of halogens is 1. The van der Waals surface area contributed by atoms with E-state index in [1.54, 1.807) is 7.11 Å². The number of nitrogens with zero attached hydrogens (tertiary/aromatic N) is 1. The van der Waals surface area contributed by atoms with Crippen molar-refractivity contribution in [3.8, 4) is 5.75 Å². The predicted molar refractivity (Wildman–Crippen MR) is 132 cm³/mol. The Labute approximate surface area is 197 Å². The van der Waals surface area contributed by atoms with E-state index in [0.717, 1.165) is 50.3 Å². The number of hydrogen-bond acceptors (Lipinski definition) is 4. The lowest BCUT2D eigenvalue weighted by Gasteiger charge is -2.14. The number of carbonyl (C=O) groups excluding carboxylic acids is 1. The molecule has 30 heavy (non-hydrogen) atoms. The van der Waals surface area contributed by atoms with Gasteiger partial charge >= 0.3 is 0 Å². The van der Waals surface area contributed by atoms with Crippen LogP contribution >= 0.6 is 24.0 Å². The summed E-state index contributed by atoms with van der Waals surface area (Å²) in [5.74, 6) is 1.65. The Morgan fingerprint density at radius 1 is 1.13 bits per heavy atom. The SMILES string of the molecule is CCOCCCNC(=NCc1ccc(OC)cc1)NCCC(=O)NC1CCCC1.I. The molecule has 0 heterocycles. The molecule has 1 aromatic rings. The first-order valence-electron chi connectivity index (χ1n) is 10.7. The second kappa shape index (κ2) is 16.2. The highest BCUT2D eigenvalue weighted by atomic mass is 127. The topological polar surface area (TPSA) is 84.0 Å². The Morgan fingerprint density at radius 3 is 2.50 bits per heavy atom. The molecule has 0 aliphatic heterocycles. The molecule has 0 spiro atoms. The lowest BCUT2D eigenvalue weighted by atomic mass is 10.2. The van der Waals surface area contributed by atoms with Gasteiger partial charge in [0.2, 0.25) is 5.91 Å². The van der Waals surface area contributed by atoms with Crippen molar-refractivity contribution in [2.45, 2.75) is 58.0 Å². The normalized spacial score (nSPS) is 14.1. The number of rotatable bonds is 12. The quantitative estimate of drug-likeness (QED) is 0.167. The molecule has 3 N–H and O–H groups in total. The average molecular weight is 532 g/mol. The second-order valence-electron chi connectivity index (χ2n) is 7.22. The molecule has 0 radical (unpaired) electrons. The summed E-state index contributed by atoms with van der Waals surface area (Å²) in [7, 11) is 1.66.